The molecule has 1 aromatic carbocycles. The number of ketones is 1. The molecule has 0 radical (unpaired) electrons. The van der Waals surface area contributed by atoms with Crippen molar-refractivity contribution < 1.29 is 29.2 Å². The minimum Gasteiger partial charge on any atom is -0.511 e. The minimum atomic E-state index is -0.955. The second-order valence-corrected chi connectivity index (χ2v) is 5.99. The summed E-state index contributed by atoms with van der Waals surface area (Å²) in [5.74, 6) is 0.0680. The first-order chi connectivity index (χ1) is 11.9. The maximum atomic E-state index is 13.1. The van der Waals surface area contributed by atoms with Gasteiger partial charge in [-0.25, -0.2) is 0 Å². The third kappa shape index (κ3) is 2.25. The fraction of sp³-hybridized carbons (Fsp3) is 0.316. The SMILES string of the molecule is C=C1C2=C(O)[C@H](C)[C@H](O)C=C2C(=O)c2c(OC)cc(OC)c(OC)c21. The van der Waals surface area contributed by atoms with Crippen LogP contribution in [-0.4, -0.2) is 43.4 Å². The monoisotopic (exact) mass is 344 g/mol. The van der Waals surface area contributed by atoms with Crippen molar-refractivity contribution in [1.29, 1.82) is 0 Å². The lowest BCUT2D eigenvalue weighted by Gasteiger charge is -2.32. The van der Waals surface area contributed by atoms with Crippen LogP contribution in [0.1, 0.15) is 22.8 Å². The number of carbonyl (C=O) groups excluding carboxylic acids is 1. The van der Waals surface area contributed by atoms with Crippen LogP contribution in [0.3, 0.4) is 0 Å². The molecule has 0 saturated heterocycles. The van der Waals surface area contributed by atoms with Crippen LogP contribution in [-0.2, 0) is 0 Å². The highest BCUT2D eigenvalue weighted by atomic mass is 16.5. The number of rotatable bonds is 3. The largest absolute Gasteiger partial charge is 0.511 e. The van der Waals surface area contributed by atoms with Gasteiger partial charge in [-0.15, -0.1) is 0 Å². The second-order valence-electron chi connectivity index (χ2n) is 5.99. The highest BCUT2D eigenvalue weighted by molar-refractivity contribution is 6.23. The normalized spacial score (nSPS) is 22.2. The number of hydrogen-bond donors (Lipinski definition) is 2. The van der Waals surface area contributed by atoms with Crippen molar-refractivity contribution in [2.75, 3.05) is 21.3 Å². The molecule has 2 aliphatic rings. The minimum absolute atomic E-state index is 0.0714. The first kappa shape index (κ1) is 17.1. The molecule has 6 heteroatoms. The Morgan fingerprint density at radius 2 is 1.72 bits per heavy atom. The zero-order valence-electron chi connectivity index (χ0n) is 14.5. The molecule has 132 valence electrons. The molecule has 0 aromatic heterocycles. The van der Waals surface area contributed by atoms with Crippen molar-refractivity contribution in [1.82, 2.24) is 0 Å². The number of hydrogen-bond acceptors (Lipinski definition) is 6. The van der Waals surface area contributed by atoms with Gasteiger partial charge in [0, 0.05) is 28.7 Å². The fourth-order valence-electron chi connectivity index (χ4n) is 3.34. The van der Waals surface area contributed by atoms with Gasteiger partial charge >= 0.3 is 0 Å². The van der Waals surface area contributed by atoms with Crippen molar-refractivity contribution >= 4 is 11.4 Å². The summed E-state index contributed by atoms with van der Waals surface area (Å²) in [7, 11) is 4.40. The molecule has 0 spiro atoms. The van der Waals surface area contributed by atoms with Crippen molar-refractivity contribution in [3.63, 3.8) is 0 Å². The molecule has 0 saturated carbocycles. The van der Waals surface area contributed by atoms with E-state index in [1.807, 2.05) is 0 Å². The number of allylic oxidation sites excluding steroid dienone is 3. The van der Waals surface area contributed by atoms with Crippen LogP contribution >= 0.6 is 0 Å². The van der Waals surface area contributed by atoms with E-state index in [9.17, 15) is 15.0 Å². The number of aliphatic hydroxyl groups is 2. The number of ether oxygens (including phenoxy) is 3. The Hall–Kier alpha value is -2.73. The number of fused-ring (bicyclic) bond motifs is 2. The van der Waals surface area contributed by atoms with E-state index < -0.39 is 12.0 Å². The van der Waals surface area contributed by atoms with Gasteiger partial charge in [-0.05, 0) is 11.6 Å². The molecule has 0 heterocycles. The summed E-state index contributed by atoms with van der Waals surface area (Å²) in [6, 6.07) is 1.57. The van der Waals surface area contributed by atoms with E-state index >= 15 is 0 Å². The van der Waals surface area contributed by atoms with Crippen LogP contribution in [0.15, 0.2) is 35.6 Å². The Morgan fingerprint density at radius 1 is 1.08 bits per heavy atom. The first-order valence-corrected chi connectivity index (χ1v) is 7.78. The zero-order chi connectivity index (χ0) is 18.5. The van der Waals surface area contributed by atoms with Crippen molar-refractivity contribution in [3.05, 3.63) is 46.8 Å². The molecule has 0 bridgehead atoms. The van der Waals surface area contributed by atoms with E-state index in [1.54, 1.807) is 13.0 Å². The topological polar surface area (TPSA) is 85.2 Å². The van der Waals surface area contributed by atoms with E-state index in [2.05, 4.69) is 6.58 Å². The molecule has 0 unspecified atom stereocenters. The van der Waals surface area contributed by atoms with Crippen molar-refractivity contribution in [2.45, 2.75) is 13.0 Å². The molecule has 3 rings (SSSR count). The van der Waals surface area contributed by atoms with Gasteiger partial charge in [0.25, 0.3) is 0 Å². The molecule has 0 fully saturated rings. The third-order valence-corrected chi connectivity index (χ3v) is 4.74. The Morgan fingerprint density at radius 3 is 2.28 bits per heavy atom. The van der Waals surface area contributed by atoms with Crippen LogP contribution in [0.25, 0.3) is 5.57 Å². The van der Waals surface area contributed by atoms with Gasteiger partial charge in [-0.3, -0.25) is 4.79 Å². The Kier molecular flexibility index (Phi) is 4.08. The van der Waals surface area contributed by atoms with Crippen molar-refractivity contribution in [2.24, 2.45) is 5.92 Å². The van der Waals surface area contributed by atoms with E-state index in [0.717, 1.165) is 0 Å². The number of benzene rings is 1. The molecule has 0 amide bonds. The molecule has 1 aromatic rings. The van der Waals surface area contributed by atoms with Gasteiger partial charge in [0.15, 0.2) is 17.3 Å². The van der Waals surface area contributed by atoms with Gasteiger partial charge in [-0.2, -0.15) is 0 Å². The highest BCUT2D eigenvalue weighted by Crippen LogP contribution is 2.51. The molecule has 6 nitrogen and oxygen atoms in total. The number of aliphatic hydroxyl groups excluding tert-OH is 2. The zero-order valence-corrected chi connectivity index (χ0v) is 14.5. The lowest BCUT2D eigenvalue weighted by atomic mass is 9.73. The number of carbonyl (C=O) groups is 1. The summed E-state index contributed by atoms with van der Waals surface area (Å²) in [6.07, 6.45) is 0.495. The molecular weight excluding hydrogens is 324 g/mol. The van der Waals surface area contributed by atoms with E-state index in [1.165, 1.54) is 27.4 Å². The summed E-state index contributed by atoms with van der Waals surface area (Å²) >= 11 is 0. The first-order valence-electron chi connectivity index (χ1n) is 7.78. The standard InChI is InChI=1S/C19H20O6/c1-8-11(20)6-10-14(17(8)21)9(2)15-16(18(10)22)12(23-3)7-13(24-4)19(15)25-5/h6-8,11,20-21H,2H2,1,3-5H3/t8-,11-/m1/s1. The lowest BCUT2D eigenvalue weighted by Crippen LogP contribution is -2.29. The second kappa shape index (κ2) is 5.97. The molecular formula is C19H20O6. The summed E-state index contributed by atoms with van der Waals surface area (Å²) in [5, 5.41) is 20.7. The van der Waals surface area contributed by atoms with Crippen LogP contribution in [0.4, 0.5) is 0 Å². The van der Waals surface area contributed by atoms with Gasteiger partial charge in [0.05, 0.1) is 33.0 Å². The number of methoxy groups -OCH3 is 3. The van der Waals surface area contributed by atoms with E-state index in [0.29, 0.717) is 34.0 Å². The predicted octanol–water partition coefficient (Wildman–Crippen LogP) is 2.67. The van der Waals surface area contributed by atoms with E-state index in [4.69, 9.17) is 14.2 Å². The maximum absolute atomic E-state index is 13.1. The summed E-state index contributed by atoms with van der Waals surface area (Å²) in [6.45, 7) is 5.74. The van der Waals surface area contributed by atoms with Gasteiger partial charge in [0.2, 0.25) is 0 Å². The van der Waals surface area contributed by atoms with Gasteiger partial charge < -0.3 is 24.4 Å². The average molecular weight is 344 g/mol. The Bertz CT molecular complexity index is 846. The predicted molar refractivity (Wildman–Crippen MR) is 92.4 cm³/mol. The Balaban J connectivity index is 2.41. The van der Waals surface area contributed by atoms with Crippen LogP contribution < -0.4 is 14.2 Å². The van der Waals surface area contributed by atoms with E-state index in [-0.39, 0.29) is 22.7 Å². The van der Waals surface area contributed by atoms with Crippen LogP contribution in [0.2, 0.25) is 0 Å². The fourth-order valence-corrected chi connectivity index (χ4v) is 3.34. The van der Waals surface area contributed by atoms with Crippen LogP contribution in [0, 0.1) is 5.92 Å². The van der Waals surface area contributed by atoms with Gasteiger partial charge in [-0.1, -0.05) is 13.5 Å². The molecule has 2 atom stereocenters. The summed E-state index contributed by atoms with van der Waals surface area (Å²) in [5.41, 5.74) is 1.65. The maximum Gasteiger partial charge on any atom is 0.198 e. The highest BCUT2D eigenvalue weighted by Gasteiger charge is 2.41. The summed E-state index contributed by atoms with van der Waals surface area (Å²) < 4.78 is 16.2. The molecule has 2 N–H and O–H groups in total. The number of Topliss-reactive ketones (excluding diaryl/α,β-unsaturated/α-hetero) is 1. The third-order valence-electron chi connectivity index (χ3n) is 4.74. The van der Waals surface area contributed by atoms with Gasteiger partial charge in [0.1, 0.15) is 11.5 Å². The Labute approximate surface area is 145 Å². The molecule has 25 heavy (non-hydrogen) atoms. The smallest absolute Gasteiger partial charge is 0.198 e. The summed E-state index contributed by atoms with van der Waals surface area (Å²) in [4.78, 5) is 13.1. The average Bonchev–Trinajstić information content (AvgIpc) is 2.61. The molecule has 2 aliphatic carbocycles. The lowest BCUT2D eigenvalue weighted by molar-refractivity contribution is 0.101. The van der Waals surface area contributed by atoms with Crippen molar-refractivity contribution in [3.8, 4) is 17.2 Å². The van der Waals surface area contributed by atoms with Crippen LogP contribution in [0.5, 0.6) is 17.2 Å². The quantitative estimate of drug-likeness (QED) is 0.877. The molecule has 0 aliphatic heterocycles.